The molecule has 0 bridgehead atoms. The number of piperidine rings is 1. The van der Waals surface area contributed by atoms with Gasteiger partial charge in [-0.2, -0.15) is 0 Å². The number of ketones is 1. The third kappa shape index (κ3) is 2.89. The monoisotopic (exact) mass is 263 g/mol. The van der Waals surface area contributed by atoms with Gasteiger partial charge in [0.2, 0.25) is 5.78 Å². The lowest BCUT2D eigenvalue weighted by molar-refractivity contribution is 0.0691. The van der Waals surface area contributed by atoms with E-state index in [1.54, 1.807) is 6.20 Å². The van der Waals surface area contributed by atoms with Crippen molar-refractivity contribution >= 4 is 5.78 Å². The van der Waals surface area contributed by atoms with Crippen molar-refractivity contribution in [1.82, 2.24) is 14.9 Å². The molecule has 0 saturated carbocycles. The Labute approximate surface area is 115 Å². The predicted octanol–water partition coefficient (Wildman–Crippen LogP) is 2.50. The SMILES string of the molecule is CCCn1ccnc1C(=O)C(C)(C)C1CCCNC1. The molecule has 1 aliphatic rings. The lowest BCUT2D eigenvalue weighted by Gasteiger charge is -2.35. The van der Waals surface area contributed by atoms with Gasteiger partial charge in [-0.1, -0.05) is 20.8 Å². The maximum atomic E-state index is 12.8. The molecule has 1 fully saturated rings. The van der Waals surface area contributed by atoms with Crippen molar-refractivity contribution in [3.05, 3.63) is 18.2 Å². The topological polar surface area (TPSA) is 46.9 Å². The van der Waals surface area contributed by atoms with E-state index in [-0.39, 0.29) is 11.2 Å². The van der Waals surface area contributed by atoms with Crippen LogP contribution in [0.2, 0.25) is 0 Å². The van der Waals surface area contributed by atoms with Gasteiger partial charge in [0.25, 0.3) is 0 Å². The number of carbonyl (C=O) groups excluding carboxylic acids is 1. The third-order valence-electron chi connectivity index (χ3n) is 4.29. The Morgan fingerprint density at radius 1 is 1.58 bits per heavy atom. The summed E-state index contributed by atoms with van der Waals surface area (Å²) in [6.07, 6.45) is 6.94. The number of hydrogen-bond donors (Lipinski definition) is 1. The summed E-state index contributed by atoms with van der Waals surface area (Å²) in [6.45, 7) is 9.12. The Morgan fingerprint density at radius 3 is 3.00 bits per heavy atom. The summed E-state index contributed by atoms with van der Waals surface area (Å²) in [7, 11) is 0. The molecular formula is C15H25N3O. The van der Waals surface area contributed by atoms with Crippen LogP contribution in [0.25, 0.3) is 0 Å². The maximum absolute atomic E-state index is 12.8. The van der Waals surface area contributed by atoms with Crippen LogP contribution in [0.3, 0.4) is 0 Å². The Bertz CT molecular complexity index is 430. The Balaban J connectivity index is 2.18. The van der Waals surface area contributed by atoms with Gasteiger partial charge >= 0.3 is 0 Å². The van der Waals surface area contributed by atoms with E-state index in [1.165, 1.54) is 0 Å². The first kappa shape index (κ1) is 14.3. The molecule has 106 valence electrons. The van der Waals surface area contributed by atoms with Gasteiger partial charge in [-0.15, -0.1) is 0 Å². The van der Waals surface area contributed by atoms with E-state index < -0.39 is 0 Å². The van der Waals surface area contributed by atoms with E-state index >= 15 is 0 Å². The smallest absolute Gasteiger partial charge is 0.204 e. The van der Waals surface area contributed by atoms with E-state index in [1.807, 2.05) is 10.8 Å². The first-order chi connectivity index (χ1) is 9.07. The summed E-state index contributed by atoms with van der Waals surface area (Å²) in [4.78, 5) is 17.1. The van der Waals surface area contributed by atoms with Crippen molar-refractivity contribution < 1.29 is 4.79 Å². The van der Waals surface area contributed by atoms with Gasteiger partial charge in [-0.25, -0.2) is 4.98 Å². The highest BCUT2D eigenvalue weighted by atomic mass is 16.1. The van der Waals surface area contributed by atoms with Crippen molar-refractivity contribution in [2.45, 2.75) is 46.6 Å². The quantitative estimate of drug-likeness (QED) is 0.830. The molecule has 0 aliphatic carbocycles. The molecule has 19 heavy (non-hydrogen) atoms. The second kappa shape index (κ2) is 5.87. The van der Waals surface area contributed by atoms with Gasteiger partial charge < -0.3 is 9.88 Å². The summed E-state index contributed by atoms with van der Waals surface area (Å²) in [6, 6.07) is 0. The van der Waals surface area contributed by atoms with Crippen molar-refractivity contribution in [3.8, 4) is 0 Å². The largest absolute Gasteiger partial charge is 0.329 e. The Kier molecular flexibility index (Phi) is 4.40. The highest BCUT2D eigenvalue weighted by Crippen LogP contribution is 2.34. The molecule has 4 nitrogen and oxygen atoms in total. The fourth-order valence-corrected chi connectivity index (χ4v) is 2.88. The number of hydrogen-bond acceptors (Lipinski definition) is 3. The van der Waals surface area contributed by atoms with E-state index in [0.717, 1.165) is 38.9 Å². The van der Waals surface area contributed by atoms with Crippen LogP contribution in [-0.4, -0.2) is 28.4 Å². The zero-order valence-corrected chi connectivity index (χ0v) is 12.3. The van der Waals surface area contributed by atoms with Gasteiger partial charge in [0, 0.05) is 24.4 Å². The molecule has 2 heterocycles. The maximum Gasteiger partial charge on any atom is 0.204 e. The summed E-state index contributed by atoms with van der Waals surface area (Å²) >= 11 is 0. The Morgan fingerprint density at radius 2 is 2.37 bits per heavy atom. The van der Waals surface area contributed by atoms with Gasteiger partial charge in [0.1, 0.15) is 0 Å². The molecule has 0 aromatic carbocycles. The fraction of sp³-hybridized carbons (Fsp3) is 0.733. The van der Waals surface area contributed by atoms with Gasteiger partial charge in [-0.3, -0.25) is 4.79 Å². The molecule has 0 spiro atoms. The number of nitrogens with one attached hydrogen (secondary N) is 1. The minimum Gasteiger partial charge on any atom is -0.329 e. The summed E-state index contributed by atoms with van der Waals surface area (Å²) in [5, 5.41) is 3.40. The van der Waals surface area contributed by atoms with E-state index in [9.17, 15) is 4.79 Å². The van der Waals surface area contributed by atoms with Crippen LogP contribution >= 0.6 is 0 Å². The van der Waals surface area contributed by atoms with Crippen molar-refractivity contribution in [1.29, 1.82) is 0 Å². The van der Waals surface area contributed by atoms with E-state index in [2.05, 4.69) is 31.1 Å². The molecule has 1 N–H and O–H groups in total. The first-order valence-corrected chi connectivity index (χ1v) is 7.34. The molecule has 2 rings (SSSR count). The van der Waals surface area contributed by atoms with Crippen molar-refractivity contribution in [2.75, 3.05) is 13.1 Å². The van der Waals surface area contributed by atoms with Gasteiger partial charge in [-0.05, 0) is 38.3 Å². The number of Topliss-reactive ketones (excluding diaryl/α,β-unsaturated/α-hetero) is 1. The van der Waals surface area contributed by atoms with Gasteiger partial charge in [0.05, 0.1) is 0 Å². The Hall–Kier alpha value is -1.16. The number of carbonyl (C=O) groups is 1. The molecule has 1 aromatic rings. The van der Waals surface area contributed by atoms with Crippen molar-refractivity contribution in [2.24, 2.45) is 11.3 Å². The van der Waals surface area contributed by atoms with Crippen LogP contribution in [0, 0.1) is 11.3 Å². The first-order valence-electron chi connectivity index (χ1n) is 7.34. The van der Waals surface area contributed by atoms with Crippen molar-refractivity contribution in [3.63, 3.8) is 0 Å². The average molecular weight is 263 g/mol. The highest BCUT2D eigenvalue weighted by Gasteiger charge is 2.39. The second-order valence-electron chi connectivity index (χ2n) is 6.04. The summed E-state index contributed by atoms with van der Waals surface area (Å²) in [5.41, 5.74) is -0.343. The standard InChI is InChI=1S/C15H25N3O/c1-4-9-18-10-8-17-14(18)13(19)15(2,3)12-6-5-7-16-11-12/h8,10,12,16H,4-7,9,11H2,1-3H3. The summed E-state index contributed by atoms with van der Waals surface area (Å²) in [5.74, 6) is 1.21. The van der Waals surface area contributed by atoms with Crippen LogP contribution in [0.1, 0.15) is 50.7 Å². The van der Waals surface area contributed by atoms with Crippen LogP contribution in [0.5, 0.6) is 0 Å². The fourth-order valence-electron chi connectivity index (χ4n) is 2.88. The van der Waals surface area contributed by atoms with Crippen LogP contribution in [0.15, 0.2) is 12.4 Å². The average Bonchev–Trinajstić information content (AvgIpc) is 2.87. The number of aromatic nitrogens is 2. The predicted molar refractivity (Wildman–Crippen MR) is 76.2 cm³/mol. The molecule has 0 amide bonds. The molecule has 1 aliphatic heterocycles. The normalized spacial score (nSPS) is 20.5. The van der Waals surface area contributed by atoms with Crippen LogP contribution < -0.4 is 5.32 Å². The minimum atomic E-state index is -0.343. The summed E-state index contributed by atoms with van der Waals surface area (Å²) < 4.78 is 1.99. The second-order valence-corrected chi connectivity index (χ2v) is 6.04. The molecule has 0 radical (unpaired) electrons. The number of rotatable bonds is 5. The van der Waals surface area contributed by atoms with Gasteiger partial charge in [0.15, 0.2) is 5.82 Å². The van der Waals surface area contributed by atoms with E-state index in [4.69, 9.17) is 0 Å². The van der Waals surface area contributed by atoms with Crippen LogP contribution in [-0.2, 0) is 6.54 Å². The number of imidazole rings is 1. The molecule has 1 aromatic heterocycles. The van der Waals surface area contributed by atoms with E-state index in [0.29, 0.717) is 11.7 Å². The highest BCUT2D eigenvalue weighted by molar-refractivity contribution is 5.97. The lowest BCUT2D eigenvalue weighted by Crippen LogP contribution is -2.43. The molecule has 4 heteroatoms. The third-order valence-corrected chi connectivity index (χ3v) is 4.29. The molecule has 1 unspecified atom stereocenters. The minimum absolute atomic E-state index is 0.180. The zero-order chi connectivity index (χ0) is 13.9. The number of aryl methyl sites for hydroxylation is 1. The lowest BCUT2D eigenvalue weighted by atomic mass is 9.72. The molecular weight excluding hydrogens is 238 g/mol. The zero-order valence-electron chi connectivity index (χ0n) is 12.3. The number of nitrogens with zero attached hydrogens (tertiary/aromatic N) is 2. The molecule has 1 saturated heterocycles. The molecule has 1 atom stereocenters. The van der Waals surface area contributed by atoms with Crippen LogP contribution in [0.4, 0.5) is 0 Å².